The molecule has 12 heavy (non-hydrogen) atoms. The first kappa shape index (κ1) is 9.04. The number of ether oxygens (including phenoxy) is 1. The summed E-state index contributed by atoms with van der Waals surface area (Å²) in [6.45, 7) is 2.70. The minimum absolute atomic E-state index is 0.565. The van der Waals surface area contributed by atoms with E-state index in [9.17, 15) is 4.79 Å². The first-order valence-electron chi connectivity index (χ1n) is 4.32. The molecule has 1 aliphatic carbocycles. The first-order valence-corrected chi connectivity index (χ1v) is 4.32. The van der Waals surface area contributed by atoms with Crippen molar-refractivity contribution in [2.75, 3.05) is 6.61 Å². The van der Waals surface area contributed by atoms with Crippen molar-refractivity contribution in [3.8, 4) is 0 Å². The summed E-state index contributed by atoms with van der Waals surface area (Å²) >= 11 is 0. The van der Waals surface area contributed by atoms with E-state index in [2.05, 4.69) is 0 Å². The Hall–Kier alpha value is -1.05. The Morgan fingerprint density at radius 1 is 1.50 bits per heavy atom. The topological polar surface area (TPSA) is 26.3 Å². The minimum Gasteiger partial charge on any atom is -0.498 e. The molecule has 0 saturated heterocycles. The molecule has 0 spiro atoms. The maximum absolute atomic E-state index is 10.2. The number of aldehydes is 1. The molecule has 0 aromatic carbocycles. The van der Waals surface area contributed by atoms with Crippen LogP contribution in [0, 0.1) is 0 Å². The second-order valence-corrected chi connectivity index (χ2v) is 2.76. The summed E-state index contributed by atoms with van der Waals surface area (Å²) < 4.78 is 5.34. The van der Waals surface area contributed by atoms with E-state index in [4.69, 9.17) is 4.74 Å². The van der Waals surface area contributed by atoms with Crippen LogP contribution in [0.1, 0.15) is 26.2 Å². The predicted molar refractivity (Wildman–Crippen MR) is 47.7 cm³/mol. The average molecular weight is 166 g/mol. The van der Waals surface area contributed by atoms with Crippen molar-refractivity contribution in [2.45, 2.75) is 26.2 Å². The van der Waals surface area contributed by atoms with E-state index in [0.717, 1.165) is 31.5 Å². The smallest absolute Gasteiger partial charge is 0.124 e. The van der Waals surface area contributed by atoms with Gasteiger partial charge in [-0.3, -0.25) is 0 Å². The molecule has 1 rings (SSSR count). The van der Waals surface area contributed by atoms with Crippen molar-refractivity contribution in [3.05, 3.63) is 23.5 Å². The van der Waals surface area contributed by atoms with Gasteiger partial charge in [-0.25, -0.2) is 0 Å². The fraction of sp³-hybridized carbons (Fsp3) is 0.500. The van der Waals surface area contributed by atoms with Crippen LogP contribution in [0.5, 0.6) is 0 Å². The molecule has 0 N–H and O–H groups in total. The van der Waals surface area contributed by atoms with E-state index in [-0.39, 0.29) is 0 Å². The normalized spacial score (nSPS) is 16.4. The zero-order chi connectivity index (χ0) is 8.81. The van der Waals surface area contributed by atoms with Gasteiger partial charge in [0.1, 0.15) is 6.29 Å². The van der Waals surface area contributed by atoms with E-state index >= 15 is 0 Å². The van der Waals surface area contributed by atoms with Gasteiger partial charge in [-0.15, -0.1) is 0 Å². The van der Waals surface area contributed by atoms with Gasteiger partial charge < -0.3 is 9.53 Å². The van der Waals surface area contributed by atoms with Gasteiger partial charge in [0.05, 0.1) is 12.4 Å². The van der Waals surface area contributed by atoms with Gasteiger partial charge in [0.25, 0.3) is 0 Å². The van der Waals surface area contributed by atoms with Crippen molar-refractivity contribution in [3.63, 3.8) is 0 Å². The lowest BCUT2D eigenvalue weighted by atomic mass is 10.0. The van der Waals surface area contributed by atoms with Gasteiger partial charge in [-0.05, 0) is 19.4 Å². The zero-order valence-corrected chi connectivity index (χ0v) is 7.38. The van der Waals surface area contributed by atoms with Crippen LogP contribution in [0.4, 0.5) is 0 Å². The molecule has 1 aliphatic rings. The Morgan fingerprint density at radius 2 is 2.33 bits per heavy atom. The quantitative estimate of drug-likeness (QED) is 0.598. The second kappa shape index (κ2) is 4.75. The summed E-state index contributed by atoms with van der Waals surface area (Å²) in [6, 6.07) is 0. The summed E-state index contributed by atoms with van der Waals surface area (Å²) in [7, 11) is 0. The molecule has 0 radical (unpaired) electrons. The second-order valence-electron chi connectivity index (χ2n) is 2.76. The summed E-state index contributed by atoms with van der Waals surface area (Å²) in [4.78, 5) is 10.2. The van der Waals surface area contributed by atoms with Crippen LogP contribution >= 0.6 is 0 Å². The average Bonchev–Trinajstić information content (AvgIpc) is 2.09. The molecule has 0 bridgehead atoms. The molecule has 0 aromatic rings. The SMILES string of the molecule is CCOC1=CC=C(CC=O)CC1. The molecule has 0 saturated carbocycles. The Balaban J connectivity index is 2.47. The van der Waals surface area contributed by atoms with Crippen LogP contribution in [0.2, 0.25) is 0 Å². The summed E-state index contributed by atoms with van der Waals surface area (Å²) in [5.41, 5.74) is 1.20. The van der Waals surface area contributed by atoms with Crippen LogP contribution < -0.4 is 0 Å². The lowest BCUT2D eigenvalue weighted by Crippen LogP contribution is -1.98. The van der Waals surface area contributed by atoms with Crippen molar-refractivity contribution >= 4 is 6.29 Å². The number of allylic oxidation sites excluding steroid dienone is 4. The van der Waals surface area contributed by atoms with Crippen LogP contribution in [0.25, 0.3) is 0 Å². The highest BCUT2D eigenvalue weighted by atomic mass is 16.5. The molecule has 0 aromatic heterocycles. The fourth-order valence-corrected chi connectivity index (χ4v) is 1.24. The molecular weight excluding hydrogens is 152 g/mol. The van der Waals surface area contributed by atoms with E-state index in [0.29, 0.717) is 6.42 Å². The molecule has 2 nitrogen and oxygen atoms in total. The standard InChI is InChI=1S/C10H14O2/c1-2-12-10-5-3-9(4-6-10)7-8-11/h3,5,8H,2,4,6-7H2,1H3. The maximum atomic E-state index is 10.2. The van der Waals surface area contributed by atoms with Gasteiger partial charge in [0.2, 0.25) is 0 Å². The monoisotopic (exact) mass is 166 g/mol. The van der Waals surface area contributed by atoms with Crippen molar-refractivity contribution in [1.29, 1.82) is 0 Å². The van der Waals surface area contributed by atoms with E-state index in [1.807, 2.05) is 19.1 Å². The third kappa shape index (κ3) is 2.53. The molecule has 0 fully saturated rings. The maximum Gasteiger partial charge on any atom is 0.124 e. The van der Waals surface area contributed by atoms with Crippen LogP contribution in [0.15, 0.2) is 23.5 Å². The molecule has 0 unspecified atom stereocenters. The number of hydrogen-bond acceptors (Lipinski definition) is 2. The molecule has 2 heteroatoms. The Morgan fingerprint density at radius 3 is 2.83 bits per heavy atom. The molecular formula is C10H14O2. The number of rotatable bonds is 4. The van der Waals surface area contributed by atoms with Crippen LogP contribution in [0.3, 0.4) is 0 Å². The van der Waals surface area contributed by atoms with Crippen molar-refractivity contribution < 1.29 is 9.53 Å². The predicted octanol–water partition coefficient (Wildman–Crippen LogP) is 2.22. The van der Waals surface area contributed by atoms with Gasteiger partial charge in [-0.1, -0.05) is 11.6 Å². The fourth-order valence-electron chi connectivity index (χ4n) is 1.24. The van der Waals surface area contributed by atoms with E-state index in [1.165, 1.54) is 5.57 Å². The minimum atomic E-state index is 0.565. The lowest BCUT2D eigenvalue weighted by Gasteiger charge is -2.13. The van der Waals surface area contributed by atoms with E-state index < -0.39 is 0 Å². The summed E-state index contributed by atoms with van der Waals surface area (Å²) in [5.74, 6) is 1.03. The molecule has 0 amide bonds. The Labute approximate surface area is 72.9 Å². The van der Waals surface area contributed by atoms with Crippen LogP contribution in [-0.2, 0) is 9.53 Å². The van der Waals surface area contributed by atoms with E-state index in [1.54, 1.807) is 0 Å². The van der Waals surface area contributed by atoms with Crippen molar-refractivity contribution in [2.24, 2.45) is 0 Å². The van der Waals surface area contributed by atoms with Crippen LogP contribution in [-0.4, -0.2) is 12.9 Å². The third-order valence-electron chi connectivity index (χ3n) is 1.87. The van der Waals surface area contributed by atoms with Crippen molar-refractivity contribution in [1.82, 2.24) is 0 Å². The number of hydrogen-bond donors (Lipinski definition) is 0. The van der Waals surface area contributed by atoms with Gasteiger partial charge >= 0.3 is 0 Å². The number of carbonyl (C=O) groups excluding carboxylic acids is 1. The summed E-state index contributed by atoms with van der Waals surface area (Å²) in [6.07, 6.45) is 7.37. The molecule has 0 atom stereocenters. The van der Waals surface area contributed by atoms with Gasteiger partial charge in [0, 0.05) is 12.8 Å². The molecule has 66 valence electrons. The third-order valence-corrected chi connectivity index (χ3v) is 1.87. The highest BCUT2D eigenvalue weighted by Crippen LogP contribution is 2.20. The number of carbonyl (C=O) groups is 1. The highest BCUT2D eigenvalue weighted by Gasteiger charge is 2.05. The molecule has 0 aliphatic heterocycles. The summed E-state index contributed by atoms with van der Waals surface area (Å²) in [5, 5.41) is 0. The first-order chi connectivity index (χ1) is 5.86. The highest BCUT2D eigenvalue weighted by molar-refractivity contribution is 5.54. The Bertz CT molecular complexity index is 214. The van der Waals surface area contributed by atoms with Gasteiger partial charge in [-0.2, -0.15) is 0 Å². The van der Waals surface area contributed by atoms with Gasteiger partial charge in [0.15, 0.2) is 0 Å². The largest absolute Gasteiger partial charge is 0.498 e. The zero-order valence-electron chi connectivity index (χ0n) is 7.38. The Kier molecular flexibility index (Phi) is 3.58. The molecule has 0 heterocycles. The lowest BCUT2D eigenvalue weighted by molar-refractivity contribution is -0.107.